The third-order valence-corrected chi connectivity index (χ3v) is 8.62. The normalized spacial score (nSPS) is 17.0. The minimum atomic E-state index is -4.86. The van der Waals surface area contributed by atoms with Gasteiger partial charge in [0, 0.05) is 22.4 Å². The van der Waals surface area contributed by atoms with Crippen LogP contribution in [0.2, 0.25) is 5.02 Å². The second kappa shape index (κ2) is 14.4. The first-order valence-electron chi connectivity index (χ1n) is 14.4. The summed E-state index contributed by atoms with van der Waals surface area (Å²) in [4.78, 5) is 18.5. The van der Waals surface area contributed by atoms with Crippen LogP contribution in [0.15, 0.2) is 96.0 Å². The monoisotopic (exact) mass is 729 g/mol. The molecule has 1 fully saturated rings. The van der Waals surface area contributed by atoms with E-state index < -0.39 is 51.7 Å². The van der Waals surface area contributed by atoms with E-state index in [1.807, 2.05) is 6.92 Å². The highest BCUT2D eigenvalue weighted by molar-refractivity contribution is 7.85. The minimum absolute atomic E-state index is 0.0666. The number of halogens is 7. The van der Waals surface area contributed by atoms with Crippen molar-refractivity contribution in [2.75, 3.05) is 4.90 Å². The van der Waals surface area contributed by atoms with Gasteiger partial charge in [0.1, 0.15) is 11.4 Å². The molecule has 0 radical (unpaired) electrons. The van der Waals surface area contributed by atoms with Crippen LogP contribution in [0.4, 0.5) is 32.0 Å². The standard InChI is InChI=1S/C26H22ClF6N3O2.C7H8O3S/c1-24(2,16-6-11-22(34-14-16)25(28,29)30)35-20-13-21(15-4-3-5-17(27)12-15)36(23(20)37)18-7-9-19(10-8-18)38-26(31,32)33;1-6-2-4-7(5-3-6)11(8,9)10/h3-12,14,20-21,35H,13H2,1-2H3;2-5H,1H3,(H,8,9,10)/t20-,21-;/m1./s1. The lowest BCUT2D eigenvalue weighted by Crippen LogP contribution is -2.47. The summed E-state index contributed by atoms with van der Waals surface area (Å²) in [5.74, 6) is -0.801. The highest BCUT2D eigenvalue weighted by atomic mass is 35.5. The Bertz CT molecular complexity index is 1870. The lowest BCUT2D eigenvalue weighted by atomic mass is 9.93. The molecule has 2 atom stereocenters. The van der Waals surface area contributed by atoms with E-state index in [0.29, 0.717) is 21.8 Å². The van der Waals surface area contributed by atoms with Crippen LogP contribution in [0.25, 0.3) is 0 Å². The minimum Gasteiger partial charge on any atom is -0.406 e. The molecule has 0 saturated carbocycles. The third-order valence-electron chi connectivity index (χ3n) is 7.52. The lowest BCUT2D eigenvalue weighted by molar-refractivity contribution is -0.274. The second-order valence-corrected chi connectivity index (χ2v) is 13.5. The van der Waals surface area contributed by atoms with Crippen LogP contribution in [0.3, 0.4) is 0 Å². The number of nitrogens with zero attached hydrogens (tertiary/aromatic N) is 2. The maximum Gasteiger partial charge on any atom is 0.573 e. The summed E-state index contributed by atoms with van der Waals surface area (Å²) in [5, 5.41) is 3.66. The quantitative estimate of drug-likeness (QED) is 0.146. The van der Waals surface area contributed by atoms with Crippen molar-refractivity contribution in [1.29, 1.82) is 0 Å². The van der Waals surface area contributed by atoms with Crippen LogP contribution in [0.5, 0.6) is 5.75 Å². The molecule has 49 heavy (non-hydrogen) atoms. The summed E-state index contributed by atoms with van der Waals surface area (Å²) in [6.07, 6.45) is -8.07. The van der Waals surface area contributed by atoms with Gasteiger partial charge in [-0.2, -0.15) is 21.6 Å². The first-order valence-corrected chi connectivity index (χ1v) is 16.3. The Labute approximate surface area is 283 Å². The molecule has 0 bridgehead atoms. The number of hydrogen-bond acceptors (Lipinski definition) is 6. The maximum absolute atomic E-state index is 13.6. The molecular formula is C33H30ClF6N3O5S. The van der Waals surface area contributed by atoms with Crippen LogP contribution in [-0.4, -0.2) is 36.3 Å². The summed E-state index contributed by atoms with van der Waals surface area (Å²) >= 11 is 6.17. The van der Waals surface area contributed by atoms with Crippen LogP contribution >= 0.6 is 11.6 Å². The number of alkyl halides is 6. The molecule has 1 aliphatic rings. The summed E-state index contributed by atoms with van der Waals surface area (Å²) in [6, 6.07) is 18.7. The maximum atomic E-state index is 13.6. The van der Waals surface area contributed by atoms with Gasteiger partial charge < -0.3 is 9.64 Å². The van der Waals surface area contributed by atoms with Gasteiger partial charge in [-0.25, -0.2) is 0 Å². The fraction of sp³-hybridized carbons (Fsp3) is 0.273. The molecule has 2 N–H and O–H groups in total. The molecule has 4 aromatic rings. The molecule has 5 rings (SSSR count). The smallest absolute Gasteiger partial charge is 0.406 e. The van der Waals surface area contributed by atoms with Crippen molar-refractivity contribution in [2.45, 2.75) is 62.2 Å². The number of hydrogen-bond donors (Lipinski definition) is 2. The molecule has 0 unspecified atom stereocenters. The number of ether oxygens (including phenoxy) is 1. The Morgan fingerprint density at radius 2 is 1.57 bits per heavy atom. The summed E-state index contributed by atoms with van der Waals surface area (Å²) in [6.45, 7) is 5.27. The van der Waals surface area contributed by atoms with E-state index in [0.717, 1.165) is 30.0 Å². The first kappa shape index (κ1) is 37.6. The molecule has 0 spiro atoms. The van der Waals surface area contributed by atoms with E-state index in [1.165, 1.54) is 35.2 Å². The molecule has 1 saturated heterocycles. The lowest BCUT2D eigenvalue weighted by Gasteiger charge is -2.30. The second-order valence-electron chi connectivity index (χ2n) is 11.6. The molecule has 1 amide bonds. The SMILES string of the molecule is CC(C)(N[C@@H]1C[C@H](c2cccc(Cl)c2)N(c2ccc(OC(F)(F)F)cc2)C1=O)c1ccc(C(F)(F)F)nc1.Cc1ccc(S(=O)(=O)O)cc1. The van der Waals surface area contributed by atoms with E-state index >= 15 is 0 Å². The van der Waals surface area contributed by atoms with Gasteiger partial charge in [-0.15, -0.1) is 13.2 Å². The fourth-order valence-corrected chi connectivity index (χ4v) is 5.83. The largest absolute Gasteiger partial charge is 0.573 e. The Hall–Kier alpha value is -4.18. The Balaban J connectivity index is 0.000000418. The highest BCUT2D eigenvalue weighted by Crippen LogP contribution is 2.40. The number of aromatic nitrogens is 1. The molecule has 1 aromatic heterocycles. The van der Waals surface area contributed by atoms with Crippen molar-refractivity contribution < 1.29 is 48.8 Å². The molecule has 3 aromatic carbocycles. The van der Waals surface area contributed by atoms with E-state index in [2.05, 4.69) is 15.0 Å². The van der Waals surface area contributed by atoms with Gasteiger partial charge in [0.2, 0.25) is 5.91 Å². The molecule has 262 valence electrons. The molecule has 0 aliphatic carbocycles. The van der Waals surface area contributed by atoms with Crippen LogP contribution in [-0.2, 0) is 26.6 Å². The number of aryl methyl sites for hydroxylation is 1. The topological polar surface area (TPSA) is 109 Å². The van der Waals surface area contributed by atoms with Gasteiger partial charge in [0.05, 0.1) is 17.0 Å². The van der Waals surface area contributed by atoms with Crippen LogP contribution < -0.4 is 15.0 Å². The van der Waals surface area contributed by atoms with Crippen molar-refractivity contribution in [3.05, 3.63) is 119 Å². The number of amides is 1. The number of carbonyl (C=O) groups excluding carboxylic acids is 1. The predicted octanol–water partition coefficient (Wildman–Crippen LogP) is 8.27. The number of anilines is 1. The van der Waals surface area contributed by atoms with Crippen molar-refractivity contribution in [3.63, 3.8) is 0 Å². The fourth-order valence-electron chi connectivity index (χ4n) is 5.15. The van der Waals surface area contributed by atoms with Crippen molar-refractivity contribution in [3.8, 4) is 5.75 Å². The van der Waals surface area contributed by atoms with Crippen molar-refractivity contribution in [1.82, 2.24) is 10.3 Å². The average Bonchev–Trinajstić information content (AvgIpc) is 3.31. The van der Waals surface area contributed by atoms with Gasteiger partial charge in [0.25, 0.3) is 10.1 Å². The van der Waals surface area contributed by atoms with E-state index in [9.17, 15) is 39.6 Å². The first-order chi connectivity index (χ1) is 22.6. The Kier molecular flexibility index (Phi) is 11.0. The van der Waals surface area contributed by atoms with Gasteiger partial charge in [-0.05, 0) is 92.9 Å². The zero-order valence-electron chi connectivity index (χ0n) is 26.1. The van der Waals surface area contributed by atoms with E-state index in [4.69, 9.17) is 16.2 Å². The zero-order chi connectivity index (χ0) is 36.4. The van der Waals surface area contributed by atoms with Crippen LogP contribution in [0.1, 0.15) is 48.7 Å². The molecule has 8 nitrogen and oxygen atoms in total. The third kappa shape index (κ3) is 9.94. The van der Waals surface area contributed by atoms with E-state index in [1.54, 1.807) is 50.2 Å². The van der Waals surface area contributed by atoms with Crippen LogP contribution in [0, 0.1) is 6.92 Å². The molecule has 16 heteroatoms. The van der Waals surface area contributed by atoms with Gasteiger partial charge in [-0.3, -0.25) is 19.6 Å². The Morgan fingerprint density at radius 1 is 0.939 bits per heavy atom. The number of carbonyl (C=O) groups is 1. The highest BCUT2D eigenvalue weighted by Gasteiger charge is 2.44. The molecule has 1 aliphatic heterocycles. The summed E-state index contributed by atoms with van der Waals surface area (Å²) in [7, 11) is -4.02. The number of benzene rings is 3. The predicted molar refractivity (Wildman–Crippen MR) is 170 cm³/mol. The van der Waals surface area contributed by atoms with Crippen molar-refractivity contribution in [2.24, 2.45) is 0 Å². The molecule has 2 heterocycles. The van der Waals surface area contributed by atoms with E-state index in [-0.39, 0.29) is 17.2 Å². The number of rotatable bonds is 7. The van der Waals surface area contributed by atoms with Gasteiger partial charge in [0.15, 0.2) is 0 Å². The van der Waals surface area contributed by atoms with Gasteiger partial charge in [-0.1, -0.05) is 47.5 Å². The molecular weight excluding hydrogens is 700 g/mol. The van der Waals surface area contributed by atoms with Crippen molar-refractivity contribution >= 4 is 33.3 Å². The number of nitrogens with one attached hydrogen (secondary N) is 1. The summed E-state index contributed by atoms with van der Waals surface area (Å²) in [5.41, 5.74) is 0.463. The average molecular weight is 730 g/mol. The zero-order valence-corrected chi connectivity index (χ0v) is 27.6. The Morgan fingerprint density at radius 3 is 2.08 bits per heavy atom. The van der Waals surface area contributed by atoms with Gasteiger partial charge >= 0.3 is 12.5 Å². The summed E-state index contributed by atoms with van der Waals surface area (Å²) < 4.78 is 110. The number of pyridine rings is 1.